The minimum atomic E-state index is -4.67. The number of methoxy groups -OCH3 is 1. The average molecular weight is 346 g/mol. The standard InChI is InChI=1S/C15H17F3N2O4/c1-24-13(21)11-3-2-10(8-12(11)15(16,17)18)9-19-4-6-20(7-5-19)14(22)23/h2-3,8H,4-7,9H2,1H3,(H,22,23). The van der Waals surface area contributed by atoms with Crippen molar-refractivity contribution < 1.29 is 32.6 Å². The van der Waals surface area contributed by atoms with E-state index in [2.05, 4.69) is 4.74 Å². The van der Waals surface area contributed by atoms with Gasteiger partial charge < -0.3 is 14.7 Å². The Bertz CT molecular complexity index is 626. The molecule has 0 aromatic heterocycles. The Balaban J connectivity index is 2.15. The molecule has 1 aliphatic rings. The highest BCUT2D eigenvalue weighted by Crippen LogP contribution is 2.33. The SMILES string of the molecule is COC(=O)c1ccc(CN2CCN(C(=O)O)CC2)cc1C(F)(F)F. The summed E-state index contributed by atoms with van der Waals surface area (Å²) in [6.45, 7) is 1.74. The summed E-state index contributed by atoms with van der Waals surface area (Å²) in [6, 6.07) is 3.50. The molecule has 24 heavy (non-hydrogen) atoms. The van der Waals surface area contributed by atoms with E-state index in [1.807, 2.05) is 4.90 Å². The number of amides is 1. The first-order valence-electron chi connectivity index (χ1n) is 7.21. The fourth-order valence-corrected chi connectivity index (χ4v) is 2.57. The van der Waals surface area contributed by atoms with Crippen molar-refractivity contribution in [3.05, 3.63) is 34.9 Å². The molecule has 6 nitrogen and oxygen atoms in total. The summed E-state index contributed by atoms with van der Waals surface area (Å²) in [7, 11) is 1.03. The van der Waals surface area contributed by atoms with Crippen LogP contribution in [-0.4, -0.2) is 60.3 Å². The number of ether oxygens (including phenoxy) is 1. The Morgan fingerprint density at radius 2 is 1.83 bits per heavy atom. The molecule has 0 bridgehead atoms. The first-order chi connectivity index (χ1) is 11.2. The molecule has 1 fully saturated rings. The van der Waals surface area contributed by atoms with Gasteiger partial charge in [-0.25, -0.2) is 9.59 Å². The summed E-state index contributed by atoms with van der Waals surface area (Å²) in [6.07, 6.45) is -5.67. The highest BCUT2D eigenvalue weighted by atomic mass is 19.4. The van der Waals surface area contributed by atoms with Crippen molar-refractivity contribution in [1.29, 1.82) is 0 Å². The van der Waals surface area contributed by atoms with Crippen molar-refractivity contribution in [3.63, 3.8) is 0 Å². The van der Waals surface area contributed by atoms with Crippen molar-refractivity contribution in [1.82, 2.24) is 9.80 Å². The molecular formula is C15H17F3N2O4. The molecular weight excluding hydrogens is 329 g/mol. The second kappa shape index (κ2) is 7.08. The quantitative estimate of drug-likeness (QED) is 0.851. The summed E-state index contributed by atoms with van der Waals surface area (Å²) in [5.41, 5.74) is -1.15. The van der Waals surface area contributed by atoms with Crippen LogP contribution in [0.25, 0.3) is 0 Å². The van der Waals surface area contributed by atoms with Crippen LogP contribution in [0.2, 0.25) is 0 Å². The van der Waals surface area contributed by atoms with E-state index in [0.29, 0.717) is 31.7 Å². The molecule has 1 saturated heterocycles. The zero-order valence-electron chi connectivity index (χ0n) is 13.0. The van der Waals surface area contributed by atoms with Gasteiger partial charge in [0, 0.05) is 32.7 Å². The number of carbonyl (C=O) groups excluding carboxylic acids is 1. The third-order valence-corrected chi connectivity index (χ3v) is 3.84. The van der Waals surface area contributed by atoms with Gasteiger partial charge >= 0.3 is 18.2 Å². The van der Waals surface area contributed by atoms with Gasteiger partial charge in [-0.1, -0.05) is 6.07 Å². The Morgan fingerprint density at radius 3 is 2.33 bits per heavy atom. The number of esters is 1. The first kappa shape index (κ1) is 18.1. The summed E-state index contributed by atoms with van der Waals surface area (Å²) < 4.78 is 43.8. The van der Waals surface area contributed by atoms with Crippen LogP contribution in [0, 0.1) is 0 Å². The van der Waals surface area contributed by atoms with E-state index in [9.17, 15) is 22.8 Å². The molecule has 9 heteroatoms. The lowest BCUT2D eigenvalue weighted by atomic mass is 10.0. The van der Waals surface area contributed by atoms with Gasteiger partial charge in [0.2, 0.25) is 0 Å². The van der Waals surface area contributed by atoms with Crippen LogP contribution in [0.15, 0.2) is 18.2 Å². The molecule has 132 valence electrons. The number of carbonyl (C=O) groups is 2. The van der Waals surface area contributed by atoms with Crippen LogP contribution in [0.1, 0.15) is 21.5 Å². The molecule has 0 atom stereocenters. The highest BCUT2D eigenvalue weighted by molar-refractivity contribution is 5.91. The van der Waals surface area contributed by atoms with Gasteiger partial charge in [0.1, 0.15) is 0 Å². The monoisotopic (exact) mass is 346 g/mol. The van der Waals surface area contributed by atoms with Crippen LogP contribution in [0.4, 0.5) is 18.0 Å². The predicted octanol–water partition coefficient (Wildman–Crippen LogP) is 2.29. The molecule has 0 spiro atoms. The van der Waals surface area contributed by atoms with E-state index in [1.54, 1.807) is 0 Å². The number of rotatable bonds is 3. The van der Waals surface area contributed by atoms with Gasteiger partial charge in [0.05, 0.1) is 18.2 Å². The fraction of sp³-hybridized carbons (Fsp3) is 0.467. The topological polar surface area (TPSA) is 70.1 Å². The second-order valence-electron chi connectivity index (χ2n) is 5.42. The number of carboxylic acid groups (broad SMARTS) is 1. The van der Waals surface area contributed by atoms with E-state index >= 15 is 0 Å². The van der Waals surface area contributed by atoms with E-state index in [4.69, 9.17) is 5.11 Å². The van der Waals surface area contributed by atoms with Gasteiger partial charge in [0.25, 0.3) is 0 Å². The number of halogens is 3. The van der Waals surface area contributed by atoms with Gasteiger partial charge in [0.15, 0.2) is 0 Å². The Kier molecular flexibility index (Phi) is 5.33. The highest BCUT2D eigenvalue weighted by Gasteiger charge is 2.36. The molecule has 0 aliphatic carbocycles. The second-order valence-corrected chi connectivity index (χ2v) is 5.42. The number of alkyl halides is 3. The largest absolute Gasteiger partial charge is 0.465 e. The summed E-state index contributed by atoms with van der Waals surface area (Å²) in [5, 5.41) is 8.88. The molecule has 1 heterocycles. The van der Waals surface area contributed by atoms with E-state index in [0.717, 1.165) is 19.2 Å². The average Bonchev–Trinajstić information content (AvgIpc) is 2.53. The third-order valence-electron chi connectivity index (χ3n) is 3.84. The zero-order valence-corrected chi connectivity index (χ0v) is 13.0. The lowest BCUT2D eigenvalue weighted by Gasteiger charge is -2.33. The van der Waals surface area contributed by atoms with Crippen molar-refractivity contribution in [2.75, 3.05) is 33.3 Å². The van der Waals surface area contributed by atoms with E-state index < -0.39 is 29.4 Å². The molecule has 1 N–H and O–H groups in total. The minimum absolute atomic E-state index is 0.248. The Hall–Kier alpha value is -2.29. The number of piperazine rings is 1. The predicted molar refractivity (Wildman–Crippen MR) is 77.7 cm³/mol. The first-order valence-corrected chi connectivity index (χ1v) is 7.21. The molecule has 2 rings (SSSR count). The van der Waals surface area contributed by atoms with Crippen LogP contribution in [0.5, 0.6) is 0 Å². The lowest BCUT2D eigenvalue weighted by molar-refractivity contribution is -0.138. The van der Waals surface area contributed by atoms with E-state index in [-0.39, 0.29) is 6.54 Å². The normalized spacial score (nSPS) is 16.1. The molecule has 0 saturated carbocycles. The van der Waals surface area contributed by atoms with Gasteiger partial charge in [-0.05, 0) is 17.7 Å². The van der Waals surface area contributed by atoms with Crippen LogP contribution in [-0.2, 0) is 17.5 Å². The Morgan fingerprint density at radius 1 is 1.21 bits per heavy atom. The molecule has 0 unspecified atom stereocenters. The maximum atomic E-state index is 13.2. The maximum Gasteiger partial charge on any atom is 0.417 e. The van der Waals surface area contributed by atoms with Crippen LogP contribution in [0.3, 0.4) is 0 Å². The number of benzene rings is 1. The maximum absolute atomic E-state index is 13.2. The lowest BCUT2D eigenvalue weighted by Crippen LogP contribution is -2.47. The number of nitrogens with zero attached hydrogens (tertiary/aromatic N) is 2. The fourth-order valence-electron chi connectivity index (χ4n) is 2.57. The smallest absolute Gasteiger partial charge is 0.417 e. The van der Waals surface area contributed by atoms with E-state index in [1.165, 1.54) is 11.0 Å². The van der Waals surface area contributed by atoms with Gasteiger partial charge in [-0.2, -0.15) is 13.2 Å². The minimum Gasteiger partial charge on any atom is -0.465 e. The Labute approximate surface area is 136 Å². The van der Waals surface area contributed by atoms with Crippen molar-refractivity contribution in [2.45, 2.75) is 12.7 Å². The van der Waals surface area contributed by atoms with Crippen molar-refractivity contribution >= 4 is 12.1 Å². The summed E-state index contributed by atoms with van der Waals surface area (Å²) in [5.74, 6) is -1.04. The van der Waals surface area contributed by atoms with Gasteiger partial charge in [-0.3, -0.25) is 4.90 Å². The molecule has 1 aliphatic heterocycles. The molecule has 0 radical (unpaired) electrons. The third kappa shape index (κ3) is 4.16. The molecule has 1 amide bonds. The van der Waals surface area contributed by atoms with Crippen LogP contribution < -0.4 is 0 Å². The molecule has 1 aromatic rings. The number of hydrogen-bond acceptors (Lipinski definition) is 4. The van der Waals surface area contributed by atoms with Crippen molar-refractivity contribution in [3.8, 4) is 0 Å². The summed E-state index contributed by atoms with van der Waals surface area (Å²) in [4.78, 5) is 25.5. The van der Waals surface area contributed by atoms with Gasteiger partial charge in [-0.15, -0.1) is 0 Å². The number of hydrogen-bond donors (Lipinski definition) is 1. The van der Waals surface area contributed by atoms with Crippen LogP contribution >= 0.6 is 0 Å². The zero-order chi connectivity index (χ0) is 17.9. The molecule has 1 aromatic carbocycles. The van der Waals surface area contributed by atoms with Crippen molar-refractivity contribution in [2.24, 2.45) is 0 Å². The summed E-state index contributed by atoms with van der Waals surface area (Å²) >= 11 is 0.